The summed E-state index contributed by atoms with van der Waals surface area (Å²) >= 11 is 6.02. The van der Waals surface area contributed by atoms with Gasteiger partial charge in [0.15, 0.2) is 0 Å². The van der Waals surface area contributed by atoms with Crippen molar-refractivity contribution in [2.75, 3.05) is 20.2 Å². The molecule has 0 saturated carbocycles. The molecule has 154 valence electrons. The summed E-state index contributed by atoms with van der Waals surface area (Å²) in [5.74, 6) is 0.468. The fourth-order valence-electron chi connectivity index (χ4n) is 3.56. The Morgan fingerprint density at radius 2 is 1.83 bits per heavy atom. The van der Waals surface area contributed by atoms with Gasteiger partial charge >= 0.3 is 0 Å². The first-order valence-electron chi connectivity index (χ1n) is 9.94. The Kier molecular flexibility index (Phi) is 7.15. The number of ether oxygens (including phenoxy) is 1. The number of piperidine rings is 1. The van der Waals surface area contributed by atoms with Crippen LogP contribution < -0.4 is 10.1 Å². The number of rotatable bonds is 6. The number of hydrogen-bond donors (Lipinski definition) is 1. The Morgan fingerprint density at radius 1 is 1.14 bits per heavy atom. The molecule has 6 heteroatoms. The lowest BCUT2D eigenvalue weighted by atomic mass is 10.0. The lowest BCUT2D eigenvalue weighted by Gasteiger charge is -2.32. The number of amides is 2. The monoisotopic (exact) mass is 414 g/mol. The van der Waals surface area contributed by atoms with Gasteiger partial charge in [-0.3, -0.25) is 9.59 Å². The maximum absolute atomic E-state index is 12.6. The summed E-state index contributed by atoms with van der Waals surface area (Å²) in [6.45, 7) is 3.37. The first kappa shape index (κ1) is 21.2. The molecule has 0 spiro atoms. The number of nitrogens with zero attached hydrogens (tertiary/aromatic N) is 1. The number of benzene rings is 2. The predicted molar refractivity (Wildman–Crippen MR) is 115 cm³/mol. The minimum Gasteiger partial charge on any atom is -0.496 e. The maximum atomic E-state index is 12.6. The van der Waals surface area contributed by atoms with Crippen LogP contribution in [0.5, 0.6) is 5.75 Å². The zero-order chi connectivity index (χ0) is 20.8. The standard InChI is InChI=1S/C23H27ClN2O3/c1-16-3-5-17(6-4-16)7-10-22(27)26-13-11-19(12-14-26)25-23(28)20-15-18(24)8-9-21(20)29-2/h3-6,8-9,15,19H,7,10-14H2,1-2H3,(H,25,28). The number of methoxy groups -OCH3 is 1. The SMILES string of the molecule is COc1ccc(Cl)cc1C(=O)NC1CCN(C(=O)CCc2ccc(C)cc2)CC1. The summed E-state index contributed by atoms with van der Waals surface area (Å²) in [4.78, 5) is 27.0. The number of hydrogen-bond acceptors (Lipinski definition) is 3. The highest BCUT2D eigenvalue weighted by atomic mass is 35.5. The van der Waals surface area contributed by atoms with E-state index >= 15 is 0 Å². The molecule has 1 heterocycles. The molecule has 0 aromatic heterocycles. The minimum atomic E-state index is -0.200. The first-order chi connectivity index (χ1) is 14.0. The van der Waals surface area contributed by atoms with Crippen molar-refractivity contribution in [3.63, 3.8) is 0 Å². The molecule has 0 unspecified atom stereocenters. The van der Waals surface area contributed by atoms with Crippen molar-refractivity contribution < 1.29 is 14.3 Å². The van der Waals surface area contributed by atoms with E-state index < -0.39 is 0 Å². The van der Waals surface area contributed by atoms with E-state index in [4.69, 9.17) is 16.3 Å². The Bertz CT molecular complexity index is 859. The van der Waals surface area contributed by atoms with E-state index in [0.29, 0.717) is 35.8 Å². The fraction of sp³-hybridized carbons (Fsp3) is 0.391. The molecule has 2 amide bonds. The Labute approximate surface area is 177 Å². The second kappa shape index (κ2) is 9.79. The number of likely N-dealkylation sites (tertiary alicyclic amines) is 1. The average molecular weight is 415 g/mol. The van der Waals surface area contributed by atoms with Crippen LogP contribution in [0.2, 0.25) is 5.02 Å². The molecule has 0 radical (unpaired) electrons. The summed E-state index contributed by atoms with van der Waals surface area (Å²) < 4.78 is 5.26. The normalized spacial score (nSPS) is 14.5. The van der Waals surface area contributed by atoms with Gasteiger partial charge in [-0.25, -0.2) is 0 Å². The van der Waals surface area contributed by atoms with Gasteiger partial charge in [-0.15, -0.1) is 0 Å². The van der Waals surface area contributed by atoms with E-state index in [0.717, 1.165) is 19.3 Å². The summed E-state index contributed by atoms with van der Waals surface area (Å²) in [6, 6.07) is 13.3. The van der Waals surface area contributed by atoms with E-state index in [1.54, 1.807) is 18.2 Å². The van der Waals surface area contributed by atoms with Gasteiger partial charge in [-0.1, -0.05) is 41.4 Å². The number of carbonyl (C=O) groups is 2. The van der Waals surface area contributed by atoms with Gasteiger partial charge in [0.2, 0.25) is 5.91 Å². The summed E-state index contributed by atoms with van der Waals surface area (Å²) in [6.07, 6.45) is 2.75. The fourth-order valence-corrected chi connectivity index (χ4v) is 3.73. The van der Waals surface area contributed by atoms with Gasteiger partial charge in [0, 0.05) is 30.6 Å². The molecule has 1 aliphatic rings. The summed E-state index contributed by atoms with van der Waals surface area (Å²) in [7, 11) is 1.53. The molecule has 2 aromatic rings. The van der Waals surface area contributed by atoms with Crippen LogP contribution in [0.3, 0.4) is 0 Å². The van der Waals surface area contributed by atoms with E-state index in [1.165, 1.54) is 18.2 Å². The van der Waals surface area contributed by atoms with Crippen molar-refractivity contribution in [1.82, 2.24) is 10.2 Å². The lowest BCUT2D eigenvalue weighted by Crippen LogP contribution is -2.46. The van der Waals surface area contributed by atoms with Gasteiger partial charge < -0.3 is 15.0 Å². The molecule has 0 atom stereocenters. The first-order valence-corrected chi connectivity index (χ1v) is 10.3. The highest BCUT2D eigenvalue weighted by Crippen LogP contribution is 2.23. The highest BCUT2D eigenvalue weighted by Gasteiger charge is 2.25. The second-order valence-corrected chi connectivity index (χ2v) is 7.90. The Balaban J connectivity index is 1.47. The largest absolute Gasteiger partial charge is 0.496 e. The molecule has 0 aliphatic carbocycles. The van der Waals surface area contributed by atoms with Crippen molar-refractivity contribution in [2.45, 2.75) is 38.6 Å². The second-order valence-electron chi connectivity index (χ2n) is 7.46. The zero-order valence-electron chi connectivity index (χ0n) is 16.9. The minimum absolute atomic E-state index is 0.0346. The quantitative estimate of drug-likeness (QED) is 0.776. The molecular weight excluding hydrogens is 388 g/mol. The molecule has 5 nitrogen and oxygen atoms in total. The molecular formula is C23H27ClN2O3. The molecule has 29 heavy (non-hydrogen) atoms. The molecule has 1 fully saturated rings. The molecule has 0 bridgehead atoms. The lowest BCUT2D eigenvalue weighted by molar-refractivity contribution is -0.132. The maximum Gasteiger partial charge on any atom is 0.255 e. The number of nitrogens with one attached hydrogen (secondary N) is 1. The van der Waals surface area contributed by atoms with Gasteiger partial charge in [0.25, 0.3) is 5.91 Å². The van der Waals surface area contributed by atoms with E-state index in [1.807, 2.05) is 4.90 Å². The van der Waals surface area contributed by atoms with E-state index in [-0.39, 0.29) is 17.9 Å². The van der Waals surface area contributed by atoms with E-state index in [9.17, 15) is 9.59 Å². The number of halogens is 1. The van der Waals surface area contributed by atoms with Crippen LogP contribution in [0.15, 0.2) is 42.5 Å². The molecule has 2 aromatic carbocycles. The highest BCUT2D eigenvalue weighted by molar-refractivity contribution is 6.31. The van der Waals surface area contributed by atoms with Crippen LogP contribution in [0.25, 0.3) is 0 Å². The third kappa shape index (κ3) is 5.73. The molecule has 3 rings (SSSR count). The van der Waals surface area contributed by atoms with Crippen molar-refractivity contribution in [1.29, 1.82) is 0 Å². The summed E-state index contributed by atoms with van der Waals surface area (Å²) in [5, 5.41) is 3.53. The molecule has 1 N–H and O–H groups in total. The molecule has 1 saturated heterocycles. The Hall–Kier alpha value is -2.53. The Morgan fingerprint density at radius 3 is 2.48 bits per heavy atom. The van der Waals surface area contributed by atoms with Crippen LogP contribution in [0.4, 0.5) is 0 Å². The third-order valence-corrected chi connectivity index (χ3v) is 5.57. The average Bonchev–Trinajstić information content (AvgIpc) is 2.73. The number of aryl methyl sites for hydroxylation is 2. The number of carbonyl (C=O) groups excluding carboxylic acids is 2. The van der Waals surface area contributed by atoms with Crippen LogP contribution in [0, 0.1) is 6.92 Å². The van der Waals surface area contributed by atoms with Crippen LogP contribution in [-0.4, -0.2) is 43.0 Å². The van der Waals surface area contributed by atoms with Crippen molar-refractivity contribution in [3.8, 4) is 5.75 Å². The summed E-state index contributed by atoms with van der Waals surface area (Å²) in [5.41, 5.74) is 2.83. The van der Waals surface area contributed by atoms with Gasteiger partial charge in [0.05, 0.1) is 12.7 Å². The van der Waals surface area contributed by atoms with Crippen molar-refractivity contribution in [3.05, 3.63) is 64.2 Å². The van der Waals surface area contributed by atoms with E-state index in [2.05, 4.69) is 36.5 Å². The van der Waals surface area contributed by atoms with Gasteiger partial charge in [-0.05, 0) is 49.9 Å². The zero-order valence-corrected chi connectivity index (χ0v) is 17.7. The predicted octanol–water partition coefficient (Wildman–Crippen LogP) is 4.01. The topological polar surface area (TPSA) is 58.6 Å². The van der Waals surface area contributed by atoms with Crippen molar-refractivity contribution >= 4 is 23.4 Å². The third-order valence-electron chi connectivity index (χ3n) is 5.34. The van der Waals surface area contributed by atoms with Crippen LogP contribution in [-0.2, 0) is 11.2 Å². The van der Waals surface area contributed by atoms with Crippen LogP contribution >= 0.6 is 11.6 Å². The molecule has 1 aliphatic heterocycles. The smallest absolute Gasteiger partial charge is 0.255 e. The van der Waals surface area contributed by atoms with Crippen LogP contribution in [0.1, 0.15) is 40.7 Å². The van der Waals surface area contributed by atoms with Gasteiger partial charge in [0.1, 0.15) is 5.75 Å². The van der Waals surface area contributed by atoms with Gasteiger partial charge in [-0.2, -0.15) is 0 Å². The van der Waals surface area contributed by atoms with Crippen molar-refractivity contribution in [2.24, 2.45) is 0 Å².